The molecule has 14 heavy (non-hydrogen) atoms. The maximum atomic E-state index is 5.69. The number of nitrogens with two attached hydrogens (primary N) is 1. The lowest BCUT2D eigenvalue weighted by Gasteiger charge is -2.13. The van der Waals surface area contributed by atoms with Crippen molar-refractivity contribution in [2.45, 2.75) is 39.2 Å². The molecule has 0 spiro atoms. The van der Waals surface area contributed by atoms with Crippen molar-refractivity contribution in [2.75, 3.05) is 11.1 Å². The average Bonchev–Trinajstić information content (AvgIpc) is 2.89. The van der Waals surface area contributed by atoms with Gasteiger partial charge in [0.2, 0.25) is 0 Å². The van der Waals surface area contributed by atoms with E-state index in [2.05, 4.69) is 16.6 Å². The maximum absolute atomic E-state index is 5.69. The van der Waals surface area contributed by atoms with Gasteiger partial charge >= 0.3 is 0 Å². The van der Waals surface area contributed by atoms with Gasteiger partial charge in [0.15, 0.2) is 0 Å². The fourth-order valence-electron chi connectivity index (χ4n) is 1.62. The molecule has 0 bridgehead atoms. The van der Waals surface area contributed by atoms with Gasteiger partial charge in [-0.05, 0) is 37.7 Å². The SMILES string of the molecule is Cc1c(N)nsc1NC(C)CC1CC1. The van der Waals surface area contributed by atoms with Gasteiger partial charge in [-0.15, -0.1) is 0 Å². The van der Waals surface area contributed by atoms with Gasteiger partial charge in [0.25, 0.3) is 0 Å². The zero-order chi connectivity index (χ0) is 10.1. The molecule has 0 radical (unpaired) electrons. The van der Waals surface area contributed by atoms with Gasteiger partial charge in [0, 0.05) is 11.6 Å². The fourth-order valence-corrected chi connectivity index (χ4v) is 2.44. The number of aromatic nitrogens is 1. The van der Waals surface area contributed by atoms with E-state index in [1.54, 1.807) is 0 Å². The molecule has 3 N–H and O–H groups in total. The van der Waals surface area contributed by atoms with Crippen LogP contribution in [-0.2, 0) is 0 Å². The molecule has 2 rings (SSSR count). The third kappa shape index (κ3) is 2.18. The number of anilines is 2. The number of nitrogens with zero attached hydrogens (tertiary/aromatic N) is 1. The van der Waals surface area contributed by atoms with Crippen LogP contribution in [0.4, 0.5) is 10.8 Å². The summed E-state index contributed by atoms with van der Waals surface area (Å²) in [5, 5.41) is 4.61. The lowest BCUT2D eigenvalue weighted by atomic mass is 10.1. The van der Waals surface area contributed by atoms with Crippen LogP contribution in [-0.4, -0.2) is 10.4 Å². The largest absolute Gasteiger partial charge is 0.383 e. The number of nitrogens with one attached hydrogen (secondary N) is 1. The van der Waals surface area contributed by atoms with Crippen molar-refractivity contribution in [3.63, 3.8) is 0 Å². The Labute approximate surface area is 88.9 Å². The molecular formula is C10H17N3S. The van der Waals surface area contributed by atoms with Crippen molar-refractivity contribution in [1.29, 1.82) is 0 Å². The Kier molecular flexibility index (Phi) is 2.63. The quantitative estimate of drug-likeness (QED) is 0.805. The van der Waals surface area contributed by atoms with E-state index in [9.17, 15) is 0 Å². The minimum atomic E-state index is 0.543. The first-order valence-electron chi connectivity index (χ1n) is 5.15. The van der Waals surface area contributed by atoms with Gasteiger partial charge in [0.1, 0.15) is 10.8 Å². The highest BCUT2D eigenvalue weighted by atomic mass is 32.1. The predicted molar refractivity (Wildman–Crippen MR) is 61.7 cm³/mol. The van der Waals surface area contributed by atoms with Crippen molar-refractivity contribution >= 4 is 22.4 Å². The summed E-state index contributed by atoms with van der Waals surface area (Å²) in [6.07, 6.45) is 4.10. The van der Waals surface area contributed by atoms with E-state index in [1.807, 2.05) is 6.92 Å². The van der Waals surface area contributed by atoms with E-state index in [0.717, 1.165) is 16.5 Å². The highest BCUT2D eigenvalue weighted by molar-refractivity contribution is 7.10. The van der Waals surface area contributed by atoms with Gasteiger partial charge in [-0.2, -0.15) is 4.37 Å². The van der Waals surface area contributed by atoms with E-state index < -0.39 is 0 Å². The Morgan fingerprint density at radius 1 is 1.64 bits per heavy atom. The first-order valence-corrected chi connectivity index (χ1v) is 5.92. The van der Waals surface area contributed by atoms with E-state index in [-0.39, 0.29) is 0 Å². The van der Waals surface area contributed by atoms with Gasteiger partial charge in [-0.3, -0.25) is 0 Å². The first-order chi connectivity index (χ1) is 6.66. The first kappa shape index (κ1) is 9.77. The number of hydrogen-bond acceptors (Lipinski definition) is 4. The molecule has 1 unspecified atom stereocenters. The summed E-state index contributed by atoms with van der Waals surface area (Å²) in [6.45, 7) is 4.25. The molecule has 0 saturated heterocycles. The zero-order valence-corrected chi connectivity index (χ0v) is 9.53. The molecule has 78 valence electrons. The summed E-state index contributed by atoms with van der Waals surface area (Å²) in [5.41, 5.74) is 6.78. The summed E-state index contributed by atoms with van der Waals surface area (Å²) in [5.74, 6) is 1.62. The smallest absolute Gasteiger partial charge is 0.142 e. The van der Waals surface area contributed by atoms with Gasteiger partial charge in [0.05, 0.1) is 0 Å². The van der Waals surface area contributed by atoms with Gasteiger partial charge in [-0.25, -0.2) is 0 Å². The third-order valence-electron chi connectivity index (χ3n) is 2.72. The molecule has 1 atom stereocenters. The lowest BCUT2D eigenvalue weighted by molar-refractivity contribution is 0.643. The van der Waals surface area contributed by atoms with Crippen LogP contribution in [0.5, 0.6) is 0 Å². The zero-order valence-electron chi connectivity index (χ0n) is 8.71. The fraction of sp³-hybridized carbons (Fsp3) is 0.700. The molecule has 0 aliphatic heterocycles. The minimum Gasteiger partial charge on any atom is -0.383 e. The molecule has 1 aromatic heterocycles. The van der Waals surface area contributed by atoms with Crippen molar-refractivity contribution in [3.05, 3.63) is 5.56 Å². The summed E-state index contributed by atoms with van der Waals surface area (Å²) in [7, 11) is 0. The van der Waals surface area contributed by atoms with Crippen molar-refractivity contribution in [2.24, 2.45) is 5.92 Å². The van der Waals surface area contributed by atoms with Crippen LogP contribution in [0.2, 0.25) is 0 Å². The molecule has 1 heterocycles. The second-order valence-corrected chi connectivity index (χ2v) is 5.02. The van der Waals surface area contributed by atoms with Crippen LogP contribution in [0.25, 0.3) is 0 Å². The monoisotopic (exact) mass is 211 g/mol. The Balaban J connectivity index is 1.91. The van der Waals surface area contributed by atoms with Crippen LogP contribution < -0.4 is 11.1 Å². The average molecular weight is 211 g/mol. The molecule has 1 fully saturated rings. The molecule has 1 aromatic rings. The second kappa shape index (κ2) is 3.77. The molecule has 1 aliphatic carbocycles. The van der Waals surface area contributed by atoms with Crippen LogP contribution in [0.1, 0.15) is 31.7 Å². The molecule has 3 nitrogen and oxygen atoms in total. The van der Waals surface area contributed by atoms with Crippen molar-refractivity contribution in [3.8, 4) is 0 Å². The van der Waals surface area contributed by atoms with Gasteiger partial charge in [-0.1, -0.05) is 12.8 Å². The highest BCUT2D eigenvalue weighted by Gasteiger charge is 2.23. The third-order valence-corrected chi connectivity index (χ3v) is 3.62. The molecule has 1 aliphatic rings. The van der Waals surface area contributed by atoms with Crippen LogP contribution >= 0.6 is 11.5 Å². The van der Waals surface area contributed by atoms with Crippen molar-refractivity contribution < 1.29 is 0 Å². The summed E-state index contributed by atoms with van der Waals surface area (Å²) >= 11 is 1.47. The standard InChI is InChI=1S/C10H17N3S/c1-6(5-8-3-4-8)12-10-7(2)9(11)13-14-10/h6,8,12H,3-5H2,1-2H3,(H2,11,13). The molecule has 1 saturated carbocycles. The number of hydrogen-bond donors (Lipinski definition) is 2. The summed E-state index contributed by atoms with van der Waals surface area (Å²) < 4.78 is 4.12. The normalized spacial score (nSPS) is 18.1. The Hall–Kier alpha value is -0.770. The Bertz CT molecular complexity index is 317. The minimum absolute atomic E-state index is 0.543. The van der Waals surface area contributed by atoms with Crippen LogP contribution in [0.3, 0.4) is 0 Å². The van der Waals surface area contributed by atoms with Crippen molar-refractivity contribution in [1.82, 2.24) is 4.37 Å². The predicted octanol–water partition coefficient (Wildman–Crippen LogP) is 2.63. The molecule has 4 heteroatoms. The van der Waals surface area contributed by atoms with Crippen LogP contribution in [0, 0.1) is 12.8 Å². The molecule has 0 amide bonds. The van der Waals surface area contributed by atoms with Crippen LogP contribution in [0.15, 0.2) is 0 Å². The second-order valence-electron chi connectivity index (χ2n) is 4.25. The number of rotatable bonds is 4. The van der Waals surface area contributed by atoms with E-state index in [1.165, 1.54) is 30.8 Å². The molecule has 0 aromatic carbocycles. The van der Waals surface area contributed by atoms with E-state index in [4.69, 9.17) is 5.73 Å². The topological polar surface area (TPSA) is 50.9 Å². The Morgan fingerprint density at radius 2 is 2.36 bits per heavy atom. The van der Waals surface area contributed by atoms with Gasteiger partial charge < -0.3 is 11.1 Å². The van der Waals surface area contributed by atoms with E-state index in [0.29, 0.717) is 11.9 Å². The summed E-state index contributed by atoms with van der Waals surface area (Å²) in [4.78, 5) is 0. The molecular weight excluding hydrogens is 194 g/mol. The lowest BCUT2D eigenvalue weighted by Crippen LogP contribution is -2.15. The number of nitrogen functional groups attached to an aromatic ring is 1. The maximum Gasteiger partial charge on any atom is 0.142 e. The highest BCUT2D eigenvalue weighted by Crippen LogP contribution is 2.35. The Morgan fingerprint density at radius 3 is 2.86 bits per heavy atom. The van der Waals surface area contributed by atoms with E-state index >= 15 is 0 Å². The summed E-state index contributed by atoms with van der Waals surface area (Å²) in [6, 6.07) is 0.543.